The van der Waals surface area contributed by atoms with Gasteiger partial charge in [0.25, 0.3) is 0 Å². The second kappa shape index (κ2) is 5.50. The van der Waals surface area contributed by atoms with Crippen molar-refractivity contribution in [3.63, 3.8) is 0 Å². The van der Waals surface area contributed by atoms with E-state index in [0.717, 1.165) is 33.9 Å². The number of aromatic nitrogens is 4. The van der Waals surface area contributed by atoms with Crippen LogP contribution in [-0.2, 0) is 19.9 Å². The van der Waals surface area contributed by atoms with Crippen LogP contribution in [0.4, 0.5) is 0 Å². The minimum atomic E-state index is -0.164. The zero-order valence-electron chi connectivity index (χ0n) is 12.1. The van der Waals surface area contributed by atoms with Crippen LogP contribution in [0.3, 0.4) is 0 Å². The van der Waals surface area contributed by atoms with Crippen LogP contribution in [-0.4, -0.2) is 19.4 Å². The Labute approximate surface area is 128 Å². The van der Waals surface area contributed by atoms with E-state index in [0.29, 0.717) is 6.42 Å². The molecule has 1 unspecified atom stereocenters. The van der Waals surface area contributed by atoms with Gasteiger partial charge in [-0.1, -0.05) is 24.6 Å². The van der Waals surface area contributed by atoms with E-state index in [9.17, 15) is 0 Å². The fourth-order valence-corrected chi connectivity index (χ4v) is 2.97. The van der Waals surface area contributed by atoms with Gasteiger partial charge in [-0.15, -0.1) is 0 Å². The summed E-state index contributed by atoms with van der Waals surface area (Å²) in [5.74, 6) is 0. The van der Waals surface area contributed by atoms with Gasteiger partial charge in [-0.25, -0.2) is 4.52 Å². The summed E-state index contributed by atoms with van der Waals surface area (Å²) in [6.45, 7) is 2.04. The molecular formula is C15H18ClN5. The van der Waals surface area contributed by atoms with Crippen LogP contribution in [0.25, 0.3) is 5.52 Å². The molecule has 0 amide bonds. The Hall–Kier alpha value is -1.85. The molecule has 0 saturated heterocycles. The van der Waals surface area contributed by atoms with Crippen molar-refractivity contribution in [2.24, 2.45) is 12.8 Å². The van der Waals surface area contributed by atoms with Crippen LogP contribution in [0.15, 0.2) is 30.6 Å². The van der Waals surface area contributed by atoms with Gasteiger partial charge < -0.3 is 5.73 Å². The number of nitrogens with zero attached hydrogens (tertiary/aromatic N) is 4. The van der Waals surface area contributed by atoms with E-state index in [-0.39, 0.29) is 6.04 Å². The molecule has 0 aliphatic rings. The highest BCUT2D eigenvalue weighted by atomic mass is 35.5. The molecule has 0 aliphatic heterocycles. The molecule has 3 heterocycles. The lowest BCUT2D eigenvalue weighted by molar-refractivity contribution is 0.640. The number of aryl methyl sites for hydroxylation is 2. The van der Waals surface area contributed by atoms with Gasteiger partial charge in [0.05, 0.1) is 28.1 Å². The molecule has 3 aromatic rings. The van der Waals surface area contributed by atoms with E-state index in [1.807, 2.05) is 53.8 Å². The maximum absolute atomic E-state index is 6.39. The third-order valence-electron chi connectivity index (χ3n) is 3.77. The summed E-state index contributed by atoms with van der Waals surface area (Å²) in [6.07, 6.45) is 5.19. The van der Waals surface area contributed by atoms with Crippen molar-refractivity contribution in [1.29, 1.82) is 0 Å². The van der Waals surface area contributed by atoms with Crippen LogP contribution >= 0.6 is 11.6 Å². The molecule has 0 fully saturated rings. The summed E-state index contributed by atoms with van der Waals surface area (Å²) in [5, 5.41) is 9.49. The lowest BCUT2D eigenvalue weighted by atomic mass is 10.0. The summed E-state index contributed by atoms with van der Waals surface area (Å²) in [5.41, 5.74) is 10.3. The minimum absolute atomic E-state index is 0.164. The standard InChI is InChI=1S/C15H18ClN5/c1-3-12-15(16)14(20(2)19-12)8-11(17)10-9-18-21-7-5-4-6-13(10)21/h4-7,9,11H,3,8,17H2,1-2H3. The van der Waals surface area contributed by atoms with Crippen molar-refractivity contribution in [3.8, 4) is 0 Å². The SMILES string of the molecule is CCc1nn(C)c(CC(N)c2cnn3ccccc23)c1Cl. The highest BCUT2D eigenvalue weighted by Crippen LogP contribution is 2.26. The lowest BCUT2D eigenvalue weighted by Crippen LogP contribution is -2.15. The molecule has 0 radical (unpaired) electrons. The molecule has 3 rings (SSSR count). The molecule has 0 bridgehead atoms. The molecule has 0 saturated carbocycles. The summed E-state index contributed by atoms with van der Waals surface area (Å²) in [4.78, 5) is 0. The fourth-order valence-electron chi connectivity index (χ4n) is 2.60. The van der Waals surface area contributed by atoms with Crippen molar-refractivity contribution in [2.45, 2.75) is 25.8 Å². The Morgan fingerprint density at radius 3 is 2.90 bits per heavy atom. The quantitative estimate of drug-likeness (QED) is 0.805. The van der Waals surface area contributed by atoms with Crippen LogP contribution in [0.1, 0.15) is 29.9 Å². The zero-order chi connectivity index (χ0) is 15.0. The highest BCUT2D eigenvalue weighted by Gasteiger charge is 2.19. The van der Waals surface area contributed by atoms with Gasteiger partial charge in [-0.2, -0.15) is 10.2 Å². The number of fused-ring (bicyclic) bond motifs is 1. The molecule has 21 heavy (non-hydrogen) atoms. The van der Waals surface area contributed by atoms with Crippen molar-refractivity contribution in [2.75, 3.05) is 0 Å². The lowest BCUT2D eigenvalue weighted by Gasteiger charge is -2.11. The highest BCUT2D eigenvalue weighted by molar-refractivity contribution is 6.31. The molecule has 2 N–H and O–H groups in total. The van der Waals surface area contributed by atoms with Crippen molar-refractivity contribution in [1.82, 2.24) is 19.4 Å². The van der Waals surface area contributed by atoms with E-state index in [4.69, 9.17) is 17.3 Å². The van der Waals surface area contributed by atoms with E-state index >= 15 is 0 Å². The molecule has 0 aliphatic carbocycles. The van der Waals surface area contributed by atoms with Gasteiger partial charge >= 0.3 is 0 Å². The monoisotopic (exact) mass is 303 g/mol. The van der Waals surface area contributed by atoms with Crippen LogP contribution in [0, 0.1) is 0 Å². The molecular weight excluding hydrogens is 286 g/mol. The van der Waals surface area contributed by atoms with Gasteiger partial charge in [0.15, 0.2) is 0 Å². The second-order valence-electron chi connectivity index (χ2n) is 5.13. The first-order valence-corrected chi connectivity index (χ1v) is 7.37. The van der Waals surface area contributed by atoms with Gasteiger partial charge in [0, 0.05) is 31.3 Å². The van der Waals surface area contributed by atoms with E-state index < -0.39 is 0 Å². The van der Waals surface area contributed by atoms with Crippen LogP contribution in [0.2, 0.25) is 5.02 Å². The predicted octanol–water partition coefficient (Wildman–Crippen LogP) is 2.53. The number of halogens is 1. The first-order valence-electron chi connectivity index (χ1n) is 7.00. The Balaban J connectivity index is 1.93. The van der Waals surface area contributed by atoms with Crippen LogP contribution in [0.5, 0.6) is 0 Å². The van der Waals surface area contributed by atoms with Gasteiger partial charge in [-0.3, -0.25) is 4.68 Å². The van der Waals surface area contributed by atoms with Gasteiger partial charge in [0.1, 0.15) is 0 Å². The molecule has 0 aromatic carbocycles. The van der Waals surface area contributed by atoms with E-state index in [1.165, 1.54) is 0 Å². The smallest absolute Gasteiger partial charge is 0.0850 e. The summed E-state index contributed by atoms with van der Waals surface area (Å²) in [6, 6.07) is 5.78. The van der Waals surface area contributed by atoms with E-state index in [2.05, 4.69) is 10.2 Å². The molecule has 110 valence electrons. The largest absolute Gasteiger partial charge is 0.324 e. The Bertz CT molecular complexity index is 774. The first kappa shape index (κ1) is 14.1. The average molecular weight is 304 g/mol. The maximum atomic E-state index is 6.39. The van der Waals surface area contributed by atoms with Gasteiger partial charge in [-0.05, 0) is 18.6 Å². The molecule has 6 heteroatoms. The minimum Gasteiger partial charge on any atom is -0.324 e. The van der Waals surface area contributed by atoms with Crippen LogP contribution < -0.4 is 5.73 Å². The third-order valence-corrected chi connectivity index (χ3v) is 4.21. The number of pyridine rings is 1. The number of hydrogen-bond acceptors (Lipinski definition) is 3. The number of rotatable bonds is 4. The zero-order valence-corrected chi connectivity index (χ0v) is 12.9. The second-order valence-corrected chi connectivity index (χ2v) is 5.50. The van der Waals surface area contributed by atoms with Crippen molar-refractivity contribution in [3.05, 3.63) is 52.6 Å². The Morgan fingerprint density at radius 2 is 2.19 bits per heavy atom. The summed E-state index contributed by atoms with van der Waals surface area (Å²) in [7, 11) is 1.91. The molecule has 0 spiro atoms. The topological polar surface area (TPSA) is 61.1 Å². The first-order chi connectivity index (χ1) is 10.1. The average Bonchev–Trinajstić information content (AvgIpc) is 3.03. The van der Waals surface area contributed by atoms with Gasteiger partial charge in [0.2, 0.25) is 0 Å². The summed E-state index contributed by atoms with van der Waals surface area (Å²) < 4.78 is 3.66. The normalized spacial score (nSPS) is 13.0. The Kier molecular flexibility index (Phi) is 3.69. The predicted molar refractivity (Wildman–Crippen MR) is 83.4 cm³/mol. The number of hydrogen-bond donors (Lipinski definition) is 1. The molecule has 1 atom stereocenters. The van der Waals surface area contributed by atoms with Crippen molar-refractivity contribution < 1.29 is 0 Å². The maximum Gasteiger partial charge on any atom is 0.0850 e. The summed E-state index contributed by atoms with van der Waals surface area (Å²) >= 11 is 6.39. The Morgan fingerprint density at radius 1 is 1.38 bits per heavy atom. The number of nitrogens with two attached hydrogens (primary N) is 1. The fraction of sp³-hybridized carbons (Fsp3) is 0.333. The molecule has 3 aromatic heterocycles. The van der Waals surface area contributed by atoms with Crippen molar-refractivity contribution >= 4 is 17.1 Å². The molecule has 5 nitrogen and oxygen atoms in total. The third kappa shape index (κ3) is 2.43. The van der Waals surface area contributed by atoms with E-state index in [1.54, 1.807) is 0 Å².